The molecular weight excluding hydrogens is 387 g/mol. The monoisotopic (exact) mass is 410 g/mol. The van der Waals surface area contributed by atoms with Crippen LogP contribution in [-0.4, -0.2) is 41.1 Å². The van der Waals surface area contributed by atoms with Crippen molar-refractivity contribution in [2.75, 3.05) is 30.4 Å². The molecule has 0 radical (unpaired) electrons. The van der Waals surface area contributed by atoms with Crippen molar-refractivity contribution in [3.05, 3.63) is 48.2 Å². The minimum Gasteiger partial charge on any atom is -0.494 e. The van der Waals surface area contributed by atoms with Crippen LogP contribution in [0.3, 0.4) is 0 Å². The average molecular weight is 410 g/mol. The van der Waals surface area contributed by atoms with Gasteiger partial charge in [0.25, 0.3) is 0 Å². The Morgan fingerprint density at radius 2 is 2.10 bits per heavy atom. The molecule has 3 aromatic rings. The molecule has 0 aliphatic carbocycles. The third-order valence-corrected chi connectivity index (χ3v) is 5.42. The van der Waals surface area contributed by atoms with Crippen LogP contribution in [0.1, 0.15) is 18.4 Å². The van der Waals surface area contributed by atoms with Crippen LogP contribution in [0.15, 0.2) is 36.8 Å². The number of anilines is 2. The predicted molar refractivity (Wildman–Crippen MR) is 112 cm³/mol. The number of carbonyl (C=O) groups is 1. The fraction of sp³-hybridized carbons (Fsp3) is 0.333. The Hall–Kier alpha value is -3.49. The summed E-state index contributed by atoms with van der Waals surface area (Å²) in [4.78, 5) is 26.6. The second-order valence-corrected chi connectivity index (χ2v) is 7.23. The van der Waals surface area contributed by atoms with Gasteiger partial charge in [-0.3, -0.25) is 4.79 Å². The number of nitrogens with one attached hydrogen (secondary N) is 1. The van der Waals surface area contributed by atoms with E-state index in [1.54, 1.807) is 12.3 Å². The number of piperidine rings is 1. The number of pyridine rings is 1. The Morgan fingerprint density at radius 1 is 1.30 bits per heavy atom. The van der Waals surface area contributed by atoms with E-state index in [0.29, 0.717) is 23.3 Å². The normalized spacial score (nSPS) is 14.7. The van der Waals surface area contributed by atoms with E-state index in [2.05, 4.69) is 25.2 Å². The molecule has 8 nitrogen and oxygen atoms in total. The molecule has 30 heavy (non-hydrogen) atoms. The maximum Gasteiger partial charge on any atom is 0.220 e. The Kier molecular flexibility index (Phi) is 5.60. The van der Waals surface area contributed by atoms with Gasteiger partial charge in [0, 0.05) is 48.8 Å². The zero-order valence-electron chi connectivity index (χ0n) is 16.6. The number of carbonyl (C=O) groups excluding carboxylic acids is 1. The van der Waals surface area contributed by atoms with Crippen LogP contribution in [0.5, 0.6) is 5.75 Å². The molecule has 3 N–H and O–H groups in total. The second-order valence-electron chi connectivity index (χ2n) is 7.23. The molecule has 0 saturated carbocycles. The molecule has 4 rings (SSSR count). The molecule has 3 heterocycles. The maximum atomic E-state index is 14.0. The number of halogens is 1. The number of primary amides is 1. The molecule has 9 heteroatoms. The SMILES string of the molecule is COc1cc2c(NCc3cccnc3N3CCC(C(N)=O)CC3)ncnc2cc1F. The summed E-state index contributed by atoms with van der Waals surface area (Å²) < 4.78 is 19.1. The lowest BCUT2D eigenvalue weighted by atomic mass is 9.96. The van der Waals surface area contributed by atoms with Gasteiger partial charge >= 0.3 is 0 Å². The molecule has 1 fully saturated rings. The lowest BCUT2D eigenvalue weighted by Gasteiger charge is -2.32. The Balaban J connectivity index is 1.55. The van der Waals surface area contributed by atoms with Crippen LogP contribution in [0.4, 0.5) is 16.0 Å². The predicted octanol–water partition coefficient (Wildman–Crippen LogP) is 2.49. The van der Waals surface area contributed by atoms with E-state index < -0.39 is 5.82 Å². The van der Waals surface area contributed by atoms with Crippen molar-refractivity contribution in [1.82, 2.24) is 15.0 Å². The molecule has 1 saturated heterocycles. The van der Waals surface area contributed by atoms with Gasteiger partial charge in [-0.15, -0.1) is 0 Å². The summed E-state index contributed by atoms with van der Waals surface area (Å²) in [5.41, 5.74) is 6.93. The van der Waals surface area contributed by atoms with Gasteiger partial charge in [-0.2, -0.15) is 0 Å². The highest BCUT2D eigenvalue weighted by Gasteiger charge is 2.25. The van der Waals surface area contributed by atoms with E-state index in [1.165, 1.54) is 19.5 Å². The largest absolute Gasteiger partial charge is 0.494 e. The summed E-state index contributed by atoms with van der Waals surface area (Å²) in [7, 11) is 1.42. The Morgan fingerprint density at radius 3 is 2.83 bits per heavy atom. The van der Waals surface area contributed by atoms with E-state index in [0.717, 1.165) is 37.3 Å². The number of benzene rings is 1. The minimum atomic E-state index is -0.469. The van der Waals surface area contributed by atoms with Gasteiger partial charge in [0.15, 0.2) is 11.6 Å². The molecule has 1 aliphatic heterocycles. The van der Waals surface area contributed by atoms with Crippen molar-refractivity contribution in [2.45, 2.75) is 19.4 Å². The number of aromatic nitrogens is 3. The molecule has 0 spiro atoms. The fourth-order valence-corrected chi connectivity index (χ4v) is 3.76. The quantitative estimate of drug-likeness (QED) is 0.643. The highest BCUT2D eigenvalue weighted by Crippen LogP contribution is 2.29. The van der Waals surface area contributed by atoms with E-state index in [9.17, 15) is 9.18 Å². The third kappa shape index (κ3) is 3.96. The molecule has 2 aromatic heterocycles. The zero-order valence-corrected chi connectivity index (χ0v) is 16.6. The van der Waals surface area contributed by atoms with Crippen LogP contribution >= 0.6 is 0 Å². The van der Waals surface area contributed by atoms with E-state index >= 15 is 0 Å². The summed E-state index contributed by atoms with van der Waals surface area (Å²) in [6.45, 7) is 1.93. The fourth-order valence-electron chi connectivity index (χ4n) is 3.76. The van der Waals surface area contributed by atoms with E-state index in [1.807, 2.05) is 12.1 Å². The average Bonchev–Trinajstić information content (AvgIpc) is 2.77. The number of hydrogen-bond acceptors (Lipinski definition) is 7. The highest BCUT2D eigenvalue weighted by atomic mass is 19.1. The van der Waals surface area contributed by atoms with Gasteiger partial charge in [-0.1, -0.05) is 6.07 Å². The van der Waals surface area contributed by atoms with Crippen molar-refractivity contribution in [2.24, 2.45) is 11.7 Å². The third-order valence-electron chi connectivity index (χ3n) is 5.42. The van der Waals surface area contributed by atoms with Crippen LogP contribution in [0, 0.1) is 11.7 Å². The van der Waals surface area contributed by atoms with Gasteiger partial charge in [-0.25, -0.2) is 19.3 Å². The number of amides is 1. The van der Waals surface area contributed by atoms with Gasteiger partial charge < -0.3 is 20.7 Å². The molecule has 0 unspecified atom stereocenters. The first-order valence-electron chi connectivity index (χ1n) is 9.77. The summed E-state index contributed by atoms with van der Waals surface area (Å²) in [5, 5.41) is 3.98. The summed E-state index contributed by atoms with van der Waals surface area (Å²) >= 11 is 0. The zero-order chi connectivity index (χ0) is 21.1. The second kappa shape index (κ2) is 8.48. The molecular formula is C21H23FN6O2. The minimum absolute atomic E-state index is 0.0747. The van der Waals surface area contributed by atoms with Gasteiger partial charge in [0.1, 0.15) is 18.0 Å². The first kappa shape index (κ1) is 19.8. The number of rotatable bonds is 6. The van der Waals surface area contributed by atoms with Gasteiger partial charge in [-0.05, 0) is 25.0 Å². The number of nitrogens with two attached hydrogens (primary N) is 1. The Labute approximate surface area is 173 Å². The standard InChI is InChI=1S/C21H23FN6O2/c1-30-18-9-15-17(10-16(18)22)26-12-27-20(15)25-11-14-3-2-6-24-21(14)28-7-4-13(5-8-28)19(23)29/h2-3,6,9-10,12-13H,4-5,7-8,11H2,1H3,(H2,23,29)(H,25,26,27). The van der Waals surface area contributed by atoms with Crippen molar-refractivity contribution in [3.63, 3.8) is 0 Å². The molecule has 156 valence electrons. The lowest BCUT2D eigenvalue weighted by molar-refractivity contribution is -0.122. The lowest BCUT2D eigenvalue weighted by Crippen LogP contribution is -2.39. The number of methoxy groups -OCH3 is 1. The molecule has 1 aromatic carbocycles. The van der Waals surface area contributed by atoms with Crippen molar-refractivity contribution < 1.29 is 13.9 Å². The van der Waals surface area contributed by atoms with Crippen LogP contribution < -0.4 is 20.7 Å². The first-order valence-corrected chi connectivity index (χ1v) is 9.77. The summed E-state index contributed by atoms with van der Waals surface area (Å²) in [5.74, 6) is 0.813. The van der Waals surface area contributed by atoms with Crippen molar-refractivity contribution >= 4 is 28.4 Å². The smallest absolute Gasteiger partial charge is 0.220 e. The summed E-state index contributed by atoms with van der Waals surface area (Å²) in [6, 6.07) is 6.80. The molecule has 0 bridgehead atoms. The maximum absolute atomic E-state index is 14.0. The number of hydrogen-bond donors (Lipinski definition) is 2. The summed E-state index contributed by atoms with van der Waals surface area (Å²) in [6.07, 6.45) is 4.60. The topological polar surface area (TPSA) is 106 Å². The van der Waals surface area contributed by atoms with Crippen LogP contribution in [-0.2, 0) is 11.3 Å². The van der Waals surface area contributed by atoms with Crippen LogP contribution in [0.2, 0.25) is 0 Å². The van der Waals surface area contributed by atoms with Gasteiger partial charge in [0.05, 0.1) is 12.6 Å². The van der Waals surface area contributed by atoms with Gasteiger partial charge in [0.2, 0.25) is 5.91 Å². The van der Waals surface area contributed by atoms with Crippen molar-refractivity contribution in [3.8, 4) is 5.75 Å². The van der Waals surface area contributed by atoms with E-state index in [4.69, 9.17) is 10.5 Å². The number of fused-ring (bicyclic) bond motifs is 1. The van der Waals surface area contributed by atoms with Crippen molar-refractivity contribution in [1.29, 1.82) is 0 Å². The molecule has 1 aliphatic rings. The Bertz CT molecular complexity index is 1070. The molecule has 0 atom stereocenters. The number of ether oxygens (including phenoxy) is 1. The van der Waals surface area contributed by atoms with E-state index in [-0.39, 0.29) is 17.6 Å². The van der Waals surface area contributed by atoms with Crippen LogP contribution in [0.25, 0.3) is 10.9 Å². The number of nitrogens with zero attached hydrogens (tertiary/aromatic N) is 4. The molecule has 1 amide bonds. The highest BCUT2D eigenvalue weighted by molar-refractivity contribution is 5.90. The first-order chi connectivity index (χ1) is 14.6.